The largest absolute Gasteiger partial charge is 0.325 e. The van der Waals surface area contributed by atoms with Gasteiger partial charge in [-0.3, -0.25) is 9.69 Å². The number of nitrogens with zero attached hydrogens (tertiary/aromatic N) is 1. The maximum Gasteiger partial charge on any atom is 0.236 e. The van der Waals surface area contributed by atoms with Crippen LogP contribution in [0.15, 0.2) is 36.9 Å². The molecule has 1 saturated heterocycles. The highest BCUT2D eigenvalue weighted by atomic mass is 16.2. The lowest BCUT2D eigenvalue weighted by atomic mass is 9.75. The molecule has 1 fully saturated rings. The van der Waals surface area contributed by atoms with Crippen molar-refractivity contribution in [2.24, 2.45) is 0 Å². The topological polar surface area (TPSA) is 32.3 Å². The van der Waals surface area contributed by atoms with E-state index in [4.69, 9.17) is 0 Å². The zero-order valence-electron chi connectivity index (χ0n) is 10.5. The number of anilines is 1. The predicted octanol–water partition coefficient (Wildman–Crippen LogP) is 2.16. The van der Waals surface area contributed by atoms with E-state index >= 15 is 0 Å². The van der Waals surface area contributed by atoms with Gasteiger partial charge in [0.1, 0.15) is 0 Å². The Hall–Kier alpha value is -1.61. The van der Waals surface area contributed by atoms with E-state index in [1.165, 1.54) is 5.56 Å². The van der Waals surface area contributed by atoms with Gasteiger partial charge < -0.3 is 5.32 Å². The molecule has 3 heteroatoms. The summed E-state index contributed by atoms with van der Waals surface area (Å²) in [5.74, 6) is 0.164. The summed E-state index contributed by atoms with van der Waals surface area (Å²) in [5.41, 5.74) is 1.82. The lowest BCUT2D eigenvalue weighted by Crippen LogP contribution is -2.49. The van der Waals surface area contributed by atoms with Gasteiger partial charge >= 0.3 is 0 Å². The van der Waals surface area contributed by atoms with Crippen LogP contribution >= 0.6 is 0 Å². The molecule has 1 aromatic carbocycles. The summed E-state index contributed by atoms with van der Waals surface area (Å²) in [5, 5.41) is 3.03. The molecule has 1 aromatic rings. The second-order valence-electron chi connectivity index (χ2n) is 5.21. The Kier molecular flexibility index (Phi) is 2.71. The van der Waals surface area contributed by atoms with Crippen molar-refractivity contribution in [2.45, 2.75) is 18.3 Å². The molecular weight excluding hydrogens is 224 g/mol. The van der Waals surface area contributed by atoms with E-state index in [1.807, 2.05) is 24.3 Å². The Morgan fingerprint density at radius 2 is 2.28 bits per heavy atom. The van der Waals surface area contributed by atoms with Gasteiger partial charge in [-0.05, 0) is 31.0 Å². The van der Waals surface area contributed by atoms with Crippen molar-refractivity contribution in [1.29, 1.82) is 0 Å². The summed E-state index contributed by atoms with van der Waals surface area (Å²) in [6.45, 7) is 6.52. The number of rotatable bonds is 2. The van der Waals surface area contributed by atoms with Crippen molar-refractivity contribution in [3.05, 3.63) is 42.5 Å². The van der Waals surface area contributed by atoms with Crippen molar-refractivity contribution in [3.8, 4) is 0 Å². The number of fused-ring (bicyclic) bond motifs is 2. The van der Waals surface area contributed by atoms with Gasteiger partial charge in [-0.1, -0.05) is 24.3 Å². The number of piperidine rings is 1. The van der Waals surface area contributed by atoms with Crippen molar-refractivity contribution in [3.63, 3.8) is 0 Å². The van der Waals surface area contributed by atoms with Crippen LogP contribution in [0.5, 0.6) is 0 Å². The van der Waals surface area contributed by atoms with Crippen molar-refractivity contribution < 1.29 is 4.79 Å². The SMILES string of the molecule is C=CCN1CCCC2(C1)C(=O)Nc1ccccc12. The molecule has 1 atom stereocenters. The number of para-hydroxylation sites is 1. The first kappa shape index (κ1) is 11.5. The lowest BCUT2D eigenvalue weighted by Gasteiger charge is -2.38. The minimum Gasteiger partial charge on any atom is -0.325 e. The van der Waals surface area contributed by atoms with Gasteiger partial charge in [0.25, 0.3) is 0 Å². The first-order valence-corrected chi connectivity index (χ1v) is 6.50. The molecule has 94 valence electrons. The standard InChI is InChI=1S/C15H18N2O/c1-2-9-17-10-5-8-15(11-17)12-6-3-4-7-13(12)16-14(15)18/h2-4,6-7H,1,5,8-11H2,(H,16,18). The van der Waals surface area contributed by atoms with Gasteiger partial charge in [-0.25, -0.2) is 0 Å². The maximum absolute atomic E-state index is 12.4. The van der Waals surface area contributed by atoms with E-state index < -0.39 is 0 Å². The molecule has 3 nitrogen and oxygen atoms in total. The van der Waals surface area contributed by atoms with E-state index in [1.54, 1.807) is 0 Å². The number of nitrogens with one attached hydrogen (secondary N) is 1. The molecule has 1 amide bonds. The normalized spacial score (nSPS) is 27.0. The molecule has 2 aliphatic heterocycles. The van der Waals surface area contributed by atoms with Crippen LogP contribution in [0.1, 0.15) is 18.4 Å². The fourth-order valence-corrected chi connectivity index (χ4v) is 3.26. The highest BCUT2D eigenvalue weighted by molar-refractivity contribution is 6.06. The summed E-state index contributed by atoms with van der Waals surface area (Å²) >= 11 is 0. The van der Waals surface area contributed by atoms with Crippen LogP contribution in [0.2, 0.25) is 0 Å². The first-order valence-electron chi connectivity index (χ1n) is 6.50. The third kappa shape index (κ3) is 1.58. The van der Waals surface area contributed by atoms with Crippen LogP contribution < -0.4 is 5.32 Å². The molecule has 1 unspecified atom stereocenters. The Labute approximate surface area is 107 Å². The van der Waals surface area contributed by atoms with Crippen LogP contribution in [0.3, 0.4) is 0 Å². The summed E-state index contributed by atoms with van der Waals surface area (Å²) in [4.78, 5) is 14.7. The Balaban J connectivity index is 1.98. The zero-order valence-corrected chi connectivity index (χ0v) is 10.5. The van der Waals surface area contributed by atoms with Crippen LogP contribution in [-0.4, -0.2) is 30.4 Å². The van der Waals surface area contributed by atoms with E-state index in [0.29, 0.717) is 0 Å². The fraction of sp³-hybridized carbons (Fsp3) is 0.400. The zero-order chi connectivity index (χ0) is 12.6. The second kappa shape index (κ2) is 4.25. The summed E-state index contributed by atoms with van der Waals surface area (Å²) in [6.07, 6.45) is 3.93. The Morgan fingerprint density at radius 1 is 1.44 bits per heavy atom. The average Bonchev–Trinajstić information content (AvgIpc) is 2.64. The van der Waals surface area contributed by atoms with E-state index in [9.17, 15) is 4.79 Å². The number of likely N-dealkylation sites (tertiary alicyclic amines) is 1. The molecule has 2 aliphatic rings. The second-order valence-corrected chi connectivity index (χ2v) is 5.21. The quantitative estimate of drug-likeness (QED) is 0.806. The van der Waals surface area contributed by atoms with Crippen molar-refractivity contribution >= 4 is 11.6 Å². The molecule has 3 rings (SSSR count). The third-order valence-electron chi connectivity index (χ3n) is 4.08. The predicted molar refractivity (Wildman–Crippen MR) is 72.6 cm³/mol. The number of hydrogen-bond donors (Lipinski definition) is 1. The molecule has 0 bridgehead atoms. The van der Waals surface area contributed by atoms with E-state index in [-0.39, 0.29) is 11.3 Å². The van der Waals surface area contributed by atoms with Crippen LogP contribution in [-0.2, 0) is 10.2 Å². The number of hydrogen-bond acceptors (Lipinski definition) is 2. The van der Waals surface area contributed by atoms with Gasteiger partial charge in [-0.2, -0.15) is 0 Å². The minimum absolute atomic E-state index is 0.164. The van der Waals surface area contributed by atoms with Gasteiger partial charge in [-0.15, -0.1) is 6.58 Å². The monoisotopic (exact) mass is 242 g/mol. The number of benzene rings is 1. The Bertz CT molecular complexity index is 497. The molecule has 1 spiro atoms. The van der Waals surface area contributed by atoms with E-state index in [2.05, 4.69) is 22.9 Å². The number of carbonyl (C=O) groups excluding carboxylic acids is 1. The summed E-state index contributed by atoms with van der Waals surface area (Å²) < 4.78 is 0. The van der Waals surface area contributed by atoms with Crippen molar-refractivity contribution in [1.82, 2.24) is 4.90 Å². The molecule has 0 aliphatic carbocycles. The smallest absolute Gasteiger partial charge is 0.236 e. The van der Waals surface area contributed by atoms with E-state index in [0.717, 1.165) is 38.2 Å². The molecule has 1 N–H and O–H groups in total. The van der Waals surface area contributed by atoms with Gasteiger partial charge in [0.05, 0.1) is 5.41 Å². The molecule has 18 heavy (non-hydrogen) atoms. The number of amides is 1. The van der Waals surface area contributed by atoms with Crippen LogP contribution in [0, 0.1) is 0 Å². The third-order valence-corrected chi connectivity index (χ3v) is 4.08. The molecule has 2 heterocycles. The summed E-state index contributed by atoms with van der Waals surface area (Å²) in [6, 6.07) is 8.08. The highest BCUT2D eigenvalue weighted by Crippen LogP contribution is 2.43. The first-order chi connectivity index (χ1) is 8.76. The van der Waals surface area contributed by atoms with Crippen LogP contribution in [0.4, 0.5) is 5.69 Å². The van der Waals surface area contributed by atoms with Crippen LogP contribution in [0.25, 0.3) is 0 Å². The highest BCUT2D eigenvalue weighted by Gasteiger charge is 2.48. The lowest BCUT2D eigenvalue weighted by molar-refractivity contribution is -0.122. The fourth-order valence-electron chi connectivity index (χ4n) is 3.26. The maximum atomic E-state index is 12.4. The summed E-state index contributed by atoms with van der Waals surface area (Å²) in [7, 11) is 0. The molecule has 0 saturated carbocycles. The molecule has 0 aromatic heterocycles. The van der Waals surface area contributed by atoms with Gasteiger partial charge in [0, 0.05) is 18.8 Å². The minimum atomic E-state index is -0.335. The van der Waals surface area contributed by atoms with Gasteiger partial charge in [0.15, 0.2) is 0 Å². The number of carbonyl (C=O) groups is 1. The molecular formula is C15H18N2O. The average molecular weight is 242 g/mol. The van der Waals surface area contributed by atoms with Crippen molar-refractivity contribution in [2.75, 3.05) is 25.0 Å². The Morgan fingerprint density at radius 3 is 3.11 bits per heavy atom. The molecule has 0 radical (unpaired) electrons. The van der Waals surface area contributed by atoms with Gasteiger partial charge in [0.2, 0.25) is 5.91 Å².